The molecule has 1 aromatic heterocycles. The Morgan fingerprint density at radius 2 is 2.56 bits per heavy atom. The van der Waals surface area contributed by atoms with E-state index in [0.29, 0.717) is 5.00 Å². The number of rotatable bonds is 1. The number of nitrogens with zero attached hydrogens (tertiary/aromatic N) is 1. The average Bonchev–Trinajstić information content (AvgIpc) is 2.14. The van der Waals surface area contributed by atoms with E-state index in [-0.39, 0.29) is 5.01 Å². The zero-order valence-electron chi connectivity index (χ0n) is 4.37. The molecule has 0 spiro atoms. The molecular formula is C4H4N2O2S. The van der Waals surface area contributed by atoms with Crippen LogP contribution < -0.4 is 5.73 Å². The van der Waals surface area contributed by atoms with Crippen molar-refractivity contribution in [3.05, 3.63) is 11.2 Å². The Morgan fingerprint density at radius 1 is 1.89 bits per heavy atom. The van der Waals surface area contributed by atoms with Crippen molar-refractivity contribution in [3.63, 3.8) is 0 Å². The number of hydrogen-bond donors (Lipinski definition) is 2. The third kappa shape index (κ3) is 1.17. The first-order chi connectivity index (χ1) is 4.20. The lowest BCUT2D eigenvalue weighted by Gasteiger charge is -1.78. The normalized spacial score (nSPS) is 9.33. The van der Waals surface area contributed by atoms with Gasteiger partial charge in [-0.15, -0.1) is 0 Å². The number of aromatic carboxylic acids is 1. The number of aromatic nitrogens is 1. The molecule has 3 N–H and O–H groups in total. The summed E-state index contributed by atoms with van der Waals surface area (Å²) in [5, 5.41) is 8.75. The minimum Gasteiger partial charge on any atom is -0.476 e. The first kappa shape index (κ1) is 6.03. The van der Waals surface area contributed by atoms with Gasteiger partial charge in [0, 0.05) is 0 Å². The molecule has 9 heavy (non-hydrogen) atoms. The highest BCUT2D eigenvalue weighted by Gasteiger charge is 2.05. The SMILES string of the molecule is Nc1cnc(C(=O)O)s1. The van der Waals surface area contributed by atoms with Gasteiger partial charge in [-0.2, -0.15) is 0 Å². The molecule has 0 saturated heterocycles. The maximum atomic E-state index is 10.1. The van der Waals surface area contributed by atoms with E-state index >= 15 is 0 Å². The number of nitrogens with two attached hydrogens (primary N) is 1. The molecule has 1 heterocycles. The van der Waals surface area contributed by atoms with E-state index in [1.165, 1.54) is 6.20 Å². The van der Waals surface area contributed by atoms with E-state index in [9.17, 15) is 4.79 Å². The Kier molecular flexibility index (Phi) is 1.35. The van der Waals surface area contributed by atoms with Gasteiger partial charge in [0.1, 0.15) is 5.00 Å². The summed E-state index contributed by atoms with van der Waals surface area (Å²) in [5.41, 5.74) is 5.21. The molecule has 1 aromatic rings. The Hall–Kier alpha value is -1.10. The summed E-state index contributed by atoms with van der Waals surface area (Å²) < 4.78 is 0. The third-order valence-electron chi connectivity index (χ3n) is 0.707. The first-order valence-corrected chi connectivity index (χ1v) is 2.96. The molecule has 0 aliphatic heterocycles. The van der Waals surface area contributed by atoms with Crippen LogP contribution in [-0.2, 0) is 0 Å². The van der Waals surface area contributed by atoms with Crippen LogP contribution in [0.15, 0.2) is 6.20 Å². The molecule has 1 rings (SSSR count). The topological polar surface area (TPSA) is 76.2 Å². The standard InChI is InChI=1S/C4H4N2O2S/c5-2-1-6-3(9-2)4(7)8/h1H,5H2,(H,7,8). The summed E-state index contributed by atoms with van der Waals surface area (Å²) >= 11 is 0.963. The smallest absolute Gasteiger partial charge is 0.365 e. The van der Waals surface area contributed by atoms with Gasteiger partial charge in [0.2, 0.25) is 5.01 Å². The summed E-state index contributed by atoms with van der Waals surface area (Å²) in [7, 11) is 0. The highest BCUT2D eigenvalue weighted by atomic mass is 32.1. The van der Waals surface area contributed by atoms with Crippen molar-refractivity contribution in [2.24, 2.45) is 0 Å². The lowest BCUT2D eigenvalue weighted by molar-refractivity contribution is 0.0696. The highest BCUT2D eigenvalue weighted by molar-refractivity contribution is 7.17. The number of nitrogen functional groups attached to an aromatic ring is 1. The molecular weight excluding hydrogens is 140 g/mol. The lowest BCUT2D eigenvalue weighted by atomic mass is 10.7. The van der Waals surface area contributed by atoms with Crippen LogP contribution in [0.3, 0.4) is 0 Å². The van der Waals surface area contributed by atoms with Gasteiger partial charge in [-0.1, -0.05) is 11.3 Å². The third-order valence-corrected chi connectivity index (χ3v) is 1.52. The molecule has 48 valence electrons. The zero-order valence-corrected chi connectivity index (χ0v) is 5.18. The van der Waals surface area contributed by atoms with Gasteiger partial charge in [-0.3, -0.25) is 0 Å². The van der Waals surface area contributed by atoms with Crippen molar-refractivity contribution in [1.29, 1.82) is 0 Å². The largest absolute Gasteiger partial charge is 0.476 e. The van der Waals surface area contributed by atoms with Crippen LogP contribution in [0.25, 0.3) is 0 Å². The molecule has 0 radical (unpaired) electrons. The van der Waals surface area contributed by atoms with Crippen LogP contribution in [0.4, 0.5) is 5.00 Å². The van der Waals surface area contributed by atoms with Crippen LogP contribution >= 0.6 is 11.3 Å². The van der Waals surface area contributed by atoms with Crippen molar-refractivity contribution in [2.45, 2.75) is 0 Å². The van der Waals surface area contributed by atoms with Crippen molar-refractivity contribution in [1.82, 2.24) is 4.98 Å². The van der Waals surface area contributed by atoms with Gasteiger partial charge in [0.05, 0.1) is 6.20 Å². The number of thiazole rings is 1. The van der Waals surface area contributed by atoms with Gasteiger partial charge >= 0.3 is 5.97 Å². The predicted molar refractivity (Wildman–Crippen MR) is 33.5 cm³/mol. The Morgan fingerprint density at radius 3 is 2.78 bits per heavy atom. The van der Waals surface area contributed by atoms with Crippen LogP contribution in [0.2, 0.25) is 0 Å². The predicted octanol–water partition coefficient (Wildman–Crippen LogP) is 0.424. The molecule has 0 fully saturated rings. The number of anilines is 1. The fraction of sp³-hybridized carbons (Fsp3) is 0. The Labute approximate surface area is 55.0 Å². The van der Waals surface area contributed by atoms with Gasteiger partial charge in [-0.05, 0) is 0 Å². The van der Waals surface area contributed by atoms with Gasteiger partial charge in [0.25, 0.3) is 0 Å². The second kappa shape index (κ2) is 2.02. The molecule has 5 heteroatoms. The van der Waals surface area contributed by atoms with E-state index in [2.05, 4.69) is 4.98 Å². The quantitative estimate of drug-likeness (QED) is 0.599. The summed E-state index contributed by atoms with van der Waals surface area (Å²) in [6, 6.07) is 0. The minimum absolute atomic E-state index is 0.0347. The van der Waals surface area contributed by atoms with Gasteiger partial charge in [0.15, 0.2) is 0 Å². The van der Waals surface area contributed by atoms with Crippen molar-refractivity contribution in [3.8, 4) is 0 Å². The molecule has 4 nitrogen and oxygen atoms in total. The number of carboxylic acids is 1. The molecule has 0 aliphatic carbocycles. The van der Waals surface area contributed by atoms with Crippen molar-refractivity contribution < 1.29 is 9.90 Å². The van der Waals surface area contributed by atoms with Gasteiger partial charge < -0.3 is 10.8 Å². The Balaban J connectivity index is 2.98. The van der Waals surface area contributed by atoms with Crippen LogP contribution in [0.1, 0.15) is 9.80 Å². The second-order valence-corrected chi connectivity index (χ2v) is 2.44. The van der Waals surface area contributed by atoms with Crippen LogP contribution in [0.5, 0.6) is 0 Å². The van der Waals surface area contributed by atoms with E-state index in [4.69, 9.17) is 10.8 Å². The molecule has 0 aliphatic rings. The zero-order chi connectivity index (χ0) is 6.85. The number of hydrogen-bond acceptors (Lipinski definition) is 4. The van der Waals surface area contributed by atoms with Crippen LogP contribution in [-0.4, -0.2) is 16.1 Å². The van der Waals surface area contributed by atoms with Crippen molar-refractivity contribution in [2.75, 3.05) is 5.73 Å². The lowest BCUT2D eigenvalue weighted by Crippen LogP contribution is -1.92. The number of carbonyl (C=O) groups is 1. The average molecular weight is 144 g/mol. The summed E-state index contributed by atoms with van der Waals surface area (Å²) in [4.78, 5) is 13.6. The van der Waals surface area contributed by atoms with E-state index in [1.807, 2.05) is 0 Å². The molecule has 0 aromatic carbocycles. The summed E-state index contributed by atoms with van der Waals surface area (Å²) in [6.45, 7) is 0. The molecule has 0 unspecified atom stereocenters. The molecule has 0 amide bonds. The first-order valence-electron chi connectivity index (χ1n) is 2.15. The summed E-state index contributed by atoms with van der Waals surface area (Å²) in [5.74, 6) is -1.03. The van der Waals surface area contributed by atoms with Crippen molar-refractivity contribution >= 4 is 22.3 Å². The minimum atomic E-state index is -1.03. The van der Waals surface area contributed by atoms with E-state index in [0.717, 1.165) is 11.3 Å². The molecule has 0 saturated carbocycles. The number of carboxylic acid groups (broad SMARTS) is 1. The molecule has 0 atom stereocenters. The maximum absolute atomic E-state index is 10.1. The molecule has 0 bridgehead atoms. The second-order valence-electron chi connectivity index (χ2n) is 1.37. The van der Waals surface area contributed by atoms with E-state index in [1.54, 1.807) is 0 Å². The monoisotopic (exact) mass is 144 g/mol. The maximum Gasteiger partial charge on any atom is 0.365 e. The van der Waals surface area contributed by atoms with E-state index < -0.39 is 5.97 Å². The summed E-state index contributed by atoms with van der Waals surface area (Å²) in [6.07, 6.45) is 1.33. The van der Waals surface area contributed by atoms with Gasteiger partial charge in [-0.25, -0.2) is 9.78 Å². The Bertz CT molecular complexity index is 232. The van der Waals surface area contributed by atoms with Crippen LogP contribution in [0, 0.1) is 0 Å². The highest BCUT2D eigenvalue weighted by Crippen LogP contribution is 2.13. The fourth-order valence-corrected chi connectivity index (χ4v) is 0.907. The fourth-order valence-electron chi connectivity index (χ4n) is 0.385.